The summed E-state index contributed by atoms with van der Waals surface area (Å²) < 4.78 is 24.7. The first-order chi connectivity index (χ1) is 14.1. The van der Waals surface area contributed by atoms with Crippen LogP contribution in [0.4, 0.5) is 4.39 Å². The SMILES string of the molecule is CCOc1cc(CNCc2ccccc2Cl)cc(Cl)c1OCc1ccc(F)cc1. The molecule has 3 rings (SSSR count). The van der Waals surface area contributed by atoms with E-state index in [1.54, 1.807) is 12.1 Å². The lowest BCUT2D eigenvalue weighted by Crippen LogP contribution is -2.13. The summed E-state index contributed by atoms with van der Waals surface area (Å²) in [4.78, 5) is 0. The molecule has 0 aliphatic heterocycles. The zero-order valence-electron chi connectivity index (χ0n) is 16.1. The Morgan fingerprint density at radius 3 is 2.34 bits per heavy atom. The summed E-state index contributed by atoms with van der Waals surface area (Å²) in [6.45, 7) is 3.90. The Bertz CT molecular complexity index is 948. The zero-order valence-corrected chi connectivity index (χ0v) is 17.6. The summed E-state index contributed by atoms with van der Waals surface area (Å²) in [7, 11) is 0. The molecular formula is C23H22Cl2FNO2. The number of nitrogens with one attached hydrogen (secondary N) is 1. The van der Waals surface area contributed by atoms with Gasteiger partial charge in [0, 0.05) is 18.1 Å². The fourth-order valence-electron chi connectivity index (χ4n) is 2.85. The Kier molecular flexibility index (Phi) is 7.76. The summed E-state index contributed by atoms with van der Waals surface area (Å²) in [5.74, 6) is 0.778. The van der Waals surface area contributed by atoms with E-state index < -0.39 is 0 Å². The topological polar surface area (TPSA) is 30.5 Å². The summed E-state index contributed by atoms with van der Waals surface area (Å²) in [5.41, 5.74) is 2.85. The Morgan fingerprint density at radius 1 is 0.862 bits per heavy atom. The Hall–Kier alpha value is -2.27. The minimum absolute atomic E-state index is 0.268. The van der Waals surface area contributed by atoms with E-state index in [1.165, 1.54) is 12.1 Å². The van der Waals surface area contributed by atoms with Gasteiger partial charge < -0.3 is 14.8 Å². The minimum Gasteiger partial charge on any atom is -0.490 e. The predicted molar refractivity (Wildman–Crippen MR) is 115 cm³/mol. The first-order valence-electron chi connectivity index (χ1n) is 9.33. The van der Waals surface area contributed by atoms with Crippen LogP contribution in [0.25, 0.3) is 0 Å². The molecule has 6 heteroatoms. The van der Waals surface area contributed by atoms with Gasteiger partial charge in [-0.15, -0.1) is 0 Å². The molecule has 3 nitrogen and oxygen atoms in total. The lowest BCUT2D eigenvalue weighted by Gasteiger charge is -2.16. The van der Waals surface area contributed by atoms with Crippen molar-refractivity contribution in [3.8, 4) is 11.5 Å². The maximum atomic E-state index is 13.1. The van der Waals surface area contributed by atoms with Crippen LogP contribution in [0.1, 0.15) is 23.6 Å². The molecule has 0 aromatic heterocycles. The molecule has 0 heterocycles. The predicted octanol–water partition coefficient (Wildman–Crippen LogP) is 6.40. The standard InChI is InChI=1S/C23H22Cl2FNO2/c1-2-28-22-12-17(13-27-14-18-5-3-4-6-20(18)24)11-21(25)23(22)29-15-16-7-9-19(26)10-8-16/h3-12,27H,2,13-15H2,1H3. The Balaban J connectivity index is 1.68. The Morgan fingerprint density at radius 2 is 1.62 bits per heavy atom. The molecule has 0 fully saturated rings. The largest absolute Gasteiger partial charge is 0.490 e. The highest BCUT2D eigenvalue weighted by atomic mass is 35.5. The third-order valence-corrected chi connectivity index (χ3v) is 4.92. The van der Waals surface area contributed by atoms with Gasteiger partial charge in [-0.05, 0) is 53.9 Å². The normalized spacial score (nSPS) is 10.8. The van der Waals surface area contributed by atoms with Crippen molar-refractivity contribution in [1.29, 1.82) is 0 Å². The maximum absolute atomic E-state index is 13.1. The lowest BCUT2D eigenvalue weighted by atomic mass is 10.1. The molecule has 0 radical (unpaired) electrons. The number of hydrogen-bond donors (Lipinski definition) is 1. The van der Waals surface area contributed by atoms with E-state index >= 15 is 0 Å². The third-order valence-electron chi connectivity index (χ3n) is 4.27. The average Bonchev–Trinajstić information content (AvgIpc) is 2.70. The summed E-state index contributed by atoms with van der Waals surface area (Å²) >= 11 is 12.7. The highest BCUT2D eigenvalue weighted by Crippen LogP contribution is 2.37. The van der Waals surface area contributed by atoms with Crippen LogP contribution in [-0.4, -0.2) is 6.61 Å². The maximum Gasteiger partial charge on any atom is 0.180 e. The highest BCUT2D eigenvalue weighted by Gasteiger charge is 2.13. The van der Waals surface area contributed by atoms with Crippen molar-refractivity contribution in [2.45, 2.75) is 26.6 Å². The molecule has 3 aromatic rings. The molecular weight excluding hydrogens is 412 g/mol. The van der Waals surface area contributed by atoms with Gasteiger partial charge in [-0.2, -0.15) is 0 Å². The Labute approximate surface area is 180 Å². The van der Waals surface area contributed by atoms with Crippen LogP contribution in [-0.2, 0) is 19.7 Å². The molecule has 29 heavy (non-hydrogen) atoms. The molecule has 0 atom stereocenters. The molecule has 0 bridgehead atoms. The molecule has 1 N–H and O–H groups in total. The van der Waals surface area contributed by atoms with Gasteiger partial charge in [0.15, 0.2) is 11.5 Å². The van der Waals surface area contributed by atoms with Gasteiger partial charge in [0.2, 0.25) is 0 Å². The number of hydrogen-bond acceptors (Lipinski definition) is 3. The van der Waals surface area contributed by atoms with Gasteiger partial charge in [-0.1, -0.05) is 53.5 Å². The van der Waals surface area contributed by atoms with E-state index in [4.69, 9.17) is 32.7 Å². The number of halogens is 3. The molecule has 3 aromatic carbocycles. The second-order valence-corrected chi connectivity index (χ2v) is 7.26. The van der Waals surface area contributed by atoms with E-state index in [-0.39, 0.29) is 12.4 Å². The number of rotatable bonds is 9. The van der Waals surface area contributed by atoms with Crippen LogP contribution in [0.15, 0.2) is 60.7 Å². The van der Waals surface area contributed by atoms with Crippen LogP contribution >= 0.6 is 23.2 Å². The lowest BCUT2D eigenvalue weighted by molar-refractivity contribution is 0.269. The van der Waals surface area contributed by atoms with Crippen LogP contribution < -0.4 is 14.8 Å². The second-order valence-electron chi connectivity index (χ2n) is 6.45. The van der Waals surface area contributed by atoms with Crippen LogP contribution in [0.2, 0.25) is 10.0 Å². The van der Waals surface area contributed by atoms with Crippen molar-refractivity contribution in [2.75, 3.05) is 6.61 Å². The molecule has 0 spiro atoms. The van der Waals surface area contributed by atoms with Crippen molar-refractivity contribution in [1.82, 2.24) is 5.32 Å². The minimum atomic E-state index is -0.282. The van der Waals surface area contributed by atoms with E-state index in [0.29, 0.717) is 36.2 Å². The van der Waals surface area contributed by atoms with Crippen molar-refractivity contribution >= 4 is 23.2 Å². The molecule has 0 amide bonds. The van der Waals surface area contributed by atoms with Crippen molar-refractivity contribution < 1.29 is 13.9 Å². The molecule has 0 aliphatic carbocycles. The monoisotopic (exact) mass is 433 g/mol. The van der Waals surface area contributed by atoms with E-state index in [2.05, 4.69) is 5.32 Å². The highest BCUT2D eigenvalue weighted by molar-refractivity contribution is 6.32. The first kappa shape index (κ1) is 21.4. The van der Waals surface area contributed by atoms with Gasteiger partial charge in [-0.25, -0.2) is 4.39 Å². The number of benzene rings is 3. The smallest absolute Gasteiger partial charge is 0.180 e. The average molecular weight is 434 g/mol. The van der Waals surface area contributed by atoms with Gasteiger partial charge in [0.25, 0.3) is 0 Å². The fraction of sp³-hybridized carbons (Fsp3) is 0.217. The van der Waals surface area contributed by atoms with Gasteiger partial charge in [0.1, 0.15) is 12.4 Å². The van der Waals surface area contributed by atoms with Crippen LogP contribution in [0.3, 0.4) is 0 Å². The second kappa shape index (κ2) is 10.5. The summed E-state index contributed by atoms with van der Waals surface area (Å²) in [5, 5.41) is 4.56. The van der Waals surface area contributed by atoms with Crippen LogP contribution in [0, 0.1) is 5.82 Å². The first-order valence-corrected chi connectivity index (χ1v) is 10.1. The van der Waals surface area contributed by atoms with Crippen molar-refractivity contribution in [2.24, 2.45) is 0 Å². The van der Waals surface area contributed by atoms with Crippen molar-refractivity contribution in [3.63, 3.8) is 0 Å². The van der Waals surface area contributed by atoms with Gasteiger partial charge in [0.05, 0.1) is 11.6 Å². The molecule has 0 unspecified atom stereocenters. The van der Waals surface area contributed by atoms with E-state index in [9.17, 15) is 4.39 Å². The molecule has 152 valence electrons. The van der Waals surface area contributed by atoms with E-state index in [0.717, 1.165) is 21.7 Å². The quantitative estimate of drug-likeness (QED) is 0.423. The molecule has 0 saturated carbocycles. The third kappa shape index (κ3) is 6.10. The fourth-order valence-corrected chi connectivity index (χ4v) is 3.34. The van der Waals surface area contributed by atoms with Gasteiger partial charge in [-0.3, -0.25) is 0 Å². The summed E-state index contributed by atoms with van der Waals surface area (Å²) in [6, 6.07) is 17.6. The van der Waals surface area contributed by atoms with Gasteiger partial charge >= 0.3 is 0 Å². The number of ether oxygens (including phenoxy) is 2. The molecule has 0 aliphatic rings. The van der Waals surface area contributed by atoms with E-state index in [1.807, 2.05) is 43.3 Å². The molecule has 0 saturated heterocycles. The van der Waals surface area contributed by atoms with Crippen molar-refractivity contribution in [3.05, 3.63) is 93.2 Å². The zero-order chi connectivity index (χ0) is 20.6. The van der Waals surface area contributed by atoms with Crippen LogP contribution in [0.5, 0.6) is 11.5 Å². The summed E-state index contributed by atoms with van der Waals surface area (Å²) in [6.07, 6.45) is 0.